The summed E-state index contributed by atoms with van der Waals surface area (Å²) < 4.78 is 0. The van der Waals surface area contributed by atoms with Crippen molar-refractivity contribution in [2.24, 2.45) is 23.7 Å². The number of hydrogen-bond donors (Lipinski definition) is 0. The van der Waals surface area contributed by atoms with Crippen molar-refractivity contribution >= 4 is 0 Å². The highest BCUT2D eigenvalue weighted by atomic mass is 14.4. The summed E-state index contributed by atoms with van der Waals surface area (Å²) in [6.45, 7) is 4.90. The maximum Gasteiger partial charge on any atom is -0.0388 e. The Morgan fingerprint density at radius 2 is 1.60 bits per heavy atom. The average Bonchev–Trinajstić information content (AvgIpc) is 2.22. The minimum Gasteiger partial charge on any atom is -0.0651 e. The fraction of sp³-hybridized carbons (Fsp3) is 1.00. The molecular weight excluding hydrogens is 180 g/mol. The lowest BCUT2D eigenvalue weighted by Gasteiger charge is -2.38. The first kappa shape index (κ1) is 11.5. The van der Waals surface area contributed by atoms with E-state index in [-0.39, 0.29) is 0 Å². The third kappa shape index (κ3) is 2.98. The Balaban J connectivity index is 1.88. The molecule has 88 valence electrons. The van der Waals surface area contributed by atoms with Crippen LogP contribution in [0, 0.1) is 23.7 Å². The van der Waals surface area contributed by atoms with E-state index < -0.39 is 0 Å². The first-order valence-corrected chi connectivity index (χ1v) is 7.29. The first-order valence-electron chi connectivity index (χ1n) is 7.29. The van der Waals surface area contributed by atoms with Gasteiger partial charge < -0.3 is 0 Å². The minimum absolute atomic E-state index is 0.993. The molecule has 0 radical (unpaired) electrons. The molecule has 0 heteroatoms. The molecule has 2 atom stereocenters. The lowest BCUT2D eigenvalue weighted by Crippen LogP contribution is -2.27. The maximum atomic E-state index is 2.50. The second-order valence-corrected chi connectivity index (χ2v) is 6.22. The van der Waals surface area contributed by atoms with Gasteiger partial charge in [0.1, 0.15) is 0 Å². The van der Waals surface area contributed by atoms with E-state index >= 15 is 0 Å². The normalized spacial score (nSPS) is 42.8. The second kappa shape index (κ2) is 5.37. The van der Waals surface area contributed by atoms with E-state index in [4.69, 9.17) is 0 Å². The van der Waals surface area contributed by atoms with Crippen molar-refractivity contribution in [1.29, 1.82) is 0 Å². The zero-order chi connectivity index (χ0) is 10.7. The van der Waals surface area contributed by atoms with Gasteiger partial charge in [0.05, 0.1) is 0 Å². The smallest absolute Gasteiger partial charge is 0.0388 e. The Labute approximate surface area is 95.8 Å². The van der Waals surface area contributed by atoms with Crippen molar-refractivity contribution in [3.63, 3.8) is 0 Å². The van der Waals surface area contributed by atoms with Crippen molar-refractivity contribution in [2.45, 2.75) is 71.6 Å². The highest BCUT2D eigenvalue weighted by Gasteiger charge is 2.31. The molecule has 15 heavy (non-hydrogen) atoms. The van der Waals surface area contributed by atoms with E-state index in [1.165, 1.54) is 32.1 Å². The van der Waals surface area contributed by atoms with Crippen molar-refractivity contribution < 1.29 is 0 Å². The van der Waals surface area contributed by atoms with Gasteiger partial charge in [0.25, 0.3) is 0 Å². The molecule has 0 aromatic heterocycles. The molecule has 0 saturated heterocycles. The zero-order valence-corrected chi connectivity index (χ0v) is 10.7. The van der Waals surface area contributed by atoms with Gasteiger partial charge in [-0.15, -0.1) is 0 Å². The molecule has 3 fully saturated rings. The average molecular weight is 208 g/mol. The predicted octanol–water partition coefficient (Wildman–Crippen LogP) is 5.03. The molecule has 0 spiro atoms. The van der Waals surface area contributed by atoms with E-state index in [0.29, 0.717) is 0 Å². The maximum absolute atomic E-state index is 2.50. The van der Waals surface area contributed by atoms with Gasteiger partial charge in [0.15, 0.2) is 0 Å². The van der Waals surface area contributed by atoms with Gasteiger partial charge in [0.2, 0.25) is 0 Å². The van der Waals surface area contributed by atoms with E-state index in [1.807, 2.05) is 0 Å². The monoisotopic (exact) mass is 208 g/mol. The Morgan fingerprint density at radius 1 is 0.867 bits per heavy atom. The fourth-order valence-electron chi connectivity index (χ4n) is 3.84. The van der Waals surface area contributed by atoms with Crippen molar-refractivity contribution in [3.8, 4) is 0 Å². The number of fused-ring (bicyclic) bond motifs is 7. The Hall–Kier alpha value is 0. The summed E-state index contributed by atoms with van der Waals surface area (Å²) in [5, 5.41) is 0. The van der Waals surface area contributed by atoms with Crippen LogP contribution in [0.15, 0.2) is 0 Å². The summed E-state index contributed by atoms with van der Waals surface area (Å²) in [4.78, 5) is 0. The third-order valence-electron chi connectivity index (χ3n) is 5.07. The predicted molar refractivity (Wildman–Crippen MR) is 66.9 cm³/mol. The summed E-state index contributed by atoms with van der Waals surface area (Å²) in [7, 11) is 0. The van der Waals surface area contributed by atoms with Crippen LogP contribution in [0.5, 0.6) is 0 Å². The molecule has 3 aliphatic carbocycles. The van der Waals surface area contributed by atoms with E-state index in [2.05, 4.69) is 13.8 Å². The molecule has 0 nitrogen and oxygen atoms in total. The van der Waals surface area contributed by atoms with Gasteiger partial charge >= 0.3 is 0 Å². The van der Waals surface area contributed by atoms with Crippen molar-refractivity contribution in [1.82, 2.24) is 0 Å². The Kier molecular flexibility index (Phi) is 4.11. The SMILES string of the molecule is CCC1CC2CC(CCCCCC1C)C2. The summed E-state index contributed by atoms with van der Waals surface area (Å²) in [6.07, 6.45) is 13.7. The molecule has 3 saturated carbocycles. The first-order chi connectivity index (χ1) is 7.29. The third-order valence-corrected chi connectivity index (χ3v) is 5.07. The Morgan fingerprint density at radius 3 is 2.33 bits per heavy atom. The molecule has 2 unspecified atom stereocenters. The molecule has 0 N–H and O–H groups in total. The zero-order valence-electron chi connectivity index (χ0n) is 10.7. The lowest BCUT2D eigenvalue weighted by atomic mass is 9.68. The Bertz CT molecular complexity index is 178. The topological polar surface area (TPSA) is 0 Å². The number of hydrogen-bond acceptors (Lipinski definition) is 0. The molecule has 0 aromatic carbocycles. The van der Waals surface area contributed by atoms with E-state index in [0.717, 1.165) is 23.7 Å². The van der Waals surface area contributed by atoms with Crippen molar-refractivity contribution in [2.75, 3.05) is 0 Å². The molecule has 0 heterocycles. The largest absolute Gasteiger partial charge is 0.0651 e. The highest BCUT2D eigenvalue weighted by molar-refractivity contribution is 4.83. The highest BCUT2D eigenvalue weighted by Crippen LogP contribution is 2.43. The van der Waals surface area contributed by atoms with Gasteiger partial charge in [-0.25, -0.2) is 0 Å². The van der Waals surface area contributed by atoms with Crippen LogP contribution in [-0.2, 0) is 0 Å². The van der Waals surface area contributed by atoms with Crippen LogP contribution >= 0.6 is 0 Å². The van der Waals surface area contributed by atoms with Crippen LogP contribution in [0.2, 0.25) is 0 Å². The van der Waals surface area contributed by atoms with Crippen LogP contribution < -0.4 is 0 Å². The summed E-state index contributed by atoms with van der Waals surface area (Å²) in [5.74, 6) is 4.27. The van der Waals surface area contributed by atoms with Crippen LogP contribution in [0.1, 0.15) is 71.6 Å². The van der Waals surface area contributed by atoms with Crippen LogP contribution in [0.25, 0.3) is 0 Å². The number of rotatable bonds is 1. The molecule has 3 aliphatic rings. The quantitative estimate of drug-likeness (QED) is 0.567. The molecule has 2 bridgehead atoms. The summed E-state index contributed by atoms with van der Waals surface area (Å²) >= 11 is 0. The summed E-state index contributed by atoms with van der Waals surface area (Å²) in [5.41, 5.74) is 0. The standard InChI is InChI=1S/C15H28/c1-3-15-11-14-9-13(10-14)8-6-4-5-7-12(15)2/h12-15H,3-11H2,1-2H3. The molecule has 0 amide bonds. The van der Waals surface area contributed by atoms with Crippen molar-refractivity contribution in [3.05, 3.63) is 0 Å². The van der Waals surface area contributed by atoms with Gasteiger partial charge in [-0.05, 0) is 42.9 Å². The van der Waals surface area contributed by atoms with Gasteiger partial charge in [-0.2, -0.15) is 0 Å². The molecular formula is C15H28. The van der Waals surface area contributed by atoms with Crippen LogP contribution in [0.3, 0.4) is 0 Å². The van der Waals surface area contributed by atoms with Crippen LogP contribution in [0.4, 0.5) is 0 Å². The van der Waals surface area contributed by atoms with Gasteiger partial charge in [0, 0.05) is 0 Å². The molecule has 3 rings (SSSR count). The molecule has 0 aliphatic heterocycles. The van der Waals surface area contributed by atoms with Gasteiger partial charge in [-0.1, -0.05) is 52.4 Å². The second-order valence-electron chi connectivity index (χ2n) is 6.22. The minimum atomic E-state index is 0.993. The van der Waals surface area contributed by atoms with E-state index in [1.54, 1.807) is 25.7 Å². The fourth-order valence-corrected chi connectivity index (χ4v) is 3.84. The lowest BCUT2D eigenvalue weighted by molar-refractivity contribution is 0.132. The van der Waals surface area contributed by atoms with Gasteiger partial charge in [-0.3, -0.25) is 0 Å². The summed E-state index contributed by atoms with van der Waals surface area (Å²) in [6, 6.07) is 0. The molecule has 0 aromatic rings. The van der Waals surface area contributed by atoms with E-state index in [9.17, 15) is 0 Å². The van der Waals surface area contributed by atoms with Crippen LogP contribution in [-0.4, -0.2) is 0 Å².